The van der Waals surface area contributed by atoms with E-state index in [-0.39, 0.29) is 48.0 Å². The van der Waals surface area contributed by atoms with Crippen LogP contribution in [0.15, 0.2) is 24.3 Å². The third-order valence-corrected chi connectivity index (χ3v) is 9.25. The van der Waals surface area contributed by atoms with Crippen LogP contribution in [0.2, 0.25) is 0 Å². The molecule has 0 aliphatic heterocycles. The summed E-state index contributed by atoms with van der Waals surface area (Å²) in [5.41, 5.74) is 12.7. The molecule has 2 fully saturated rings. The van der Waals surface area contributed by atoms with Crippen LogP contribution >= 0.6 is 0 Å². The maximum absolute atomic E-state index is 14.1. The fraction of sp³-hybridized carbons (Fsp3) is 0.657. The first-order valence-electron chi connectivity index (χ1n) is 17.7. The standard InChI is InChI=1S/C33H53N7O4.C2HF3O2/c1-2-20-44-32(43)27(14-9-19-38-33(36)37)39-31(42)28(24-12-7-4-8-13-24)40-30(41)26(23-10-5-3-6-11-23)21-22-15-17-25(18-16-22)29(34)35;3-2(4,5)1(6)7/h15-18,23-24,26-28H,2-14,19-21H2,1H3,(H3,34,35)(H,39,42)(H,40,41)(H4,36,37,38);(H,6,7)/t26?,27-,28-;/m0./s1. The Morgan fingerprint density at radius 1 is 0.902 bits per heavy atom. The number of amides is 2. The molecule has 0 radical (unpaired) electrons. The topological polar surface area (TPSA) is 234 Å². The zero-order chi connectivity index (χ0) is 38.0. The van der Waals surface area contributed by atoms with Crippen molar-refractivity contribution in [3.05, 3.63) is 35.4 Å². The second-order valence-electron chi connectivity index (χ2n) is 13.2. The number of guanidine groups is 1. The number of rotatable bonds is 16. The minimum absolute atomic E-state index is 0.00598. The Balaban J connectivity index is 0.00000116. The van der Waals surface area contributed by atoms with Crippen molar-refractivity contribution >= 4 is 35.5 Å². The highest BCUT2D eigenvalue weighted by atomic mass is 19.4. The summed E-state index contributed by atoms with van der Waals surface area (Å²) < 4.78 is 37.1. The molecule has 0 bridgehead atoms. The number of amidine groups is 1. The number of ether oxygens (including phenoxy) is 1. The van der Waals surface area contributed by atoms with Gasteiger partial charge in [0.25, 0.3) is 0 Å². The van der Waals surface area contributed by atoms with E-state index in [1.54, 1.807) is 0 Å². The number of esters is 1. The van der Waals surface area contributed by atoms with Gasteiger partial charge >= 0.3 is 18.1 Å². The first-order chi connectivity index (χ1) is 24.1. The van der Waals surface area contributed by atoms with Crippen LogP contribution in [0, 0.1) is 28.6 Å². The van der Waals surface area contributed by atoms with Gasteiger partial charge in [0.15, 0.2) is 5.96 Å². The molecule has 1 unspecified atom stereocenters. The van der Waals surface area contributed by atoms with E-state index in [0.717, 1.165) is 63.4 Å². The number of hydrogen-bond acceptors (Lipinski definition) is 7. The largest absolute Gasteiger partial charge is 0.490 e. The number of carboxylic acids is 1. The van der Waals surface area contributed by atoms with Crippen molar-refractivity contribution in [2.75, 3.05) is 13.2 Å². The van der Waals surface area contributed by atoms with Gasteiger partial charge in [-0.25, -0.2) is 9.59 Å². The summed E-state index contributed by atoms with van der Waals surface area (Å²) in [5.74, 6) is -3.95. The van der Waals surface area contributed by atoms with E-state index in [1.165, 1.54) is 6.42 Å². The molecule has 3 atom stereocenters. The van der Waals surface area contributed by atoms with E-state index >= 15 is 0 Å². The van der Waals surface area contributed by atoms with Gasteiger partial charge in [-0.3, -0.25) is 20.4 Å². The molecule has 2 amide bonds. The first kappa shape index (κ1) is 42.8. The third kappa shape index (κ3) is 15.6. The molecule has 0 saturated heterocycles. The summed E-state index contributed by atoms with van der Waals surface area (Å²) in [4.78, 5) is 49.9. The number of carbonyl (C=O) groups is 4. The molecular formula is C35H54F3N7O6. The van der Waals surface area contributed by atoms with Gasteiger partial charge < -0.3 is 37.3 Å². The van der Waals surface area contributed by atoms with Crippen molar-refractivity contribution in [1.82, 2.24) is 16.0 Å². The molecule has 1 aromatic rings. The number of nitrogens with one attached hydrogen (secondary N) is 5. The molecule has 2 aliphatic rings. The lowest BCUT2D eigenvalue weighted by Gasteiger charge is -2.34. The zero-order valence-corrected chi connectivity index (χ0v) is 29.3. The van der Waals surface area contributed by atoms with Gasteiger partial charge in [-0.2, -0.15) is 13.2 Å². The van der Waals surface area contributed by atoms with Crippen LogP contribution in [0.25, 0.3) is 0 Å². The van der Waals surface area contributed by atoms with Crippen molar-refractivity contribution in [1.29, 1.82) is 10.8 Å². The molecule has 3 rings (SSSR count). The van der Waals surface area contributed by atoms with Gasteiger partial charge in [0.1, 0.15) is 17.9 Å². The highest BCUT2D eigenvalue weighted by molar-refractivity contribution is 5.95. The van der Waals surface area contributed by atoms with Gasteiger partial charge in [0.05, 0.1) is 6.61 Å². The summed E-state index contributed by atoms with van der Waals surface area (Å²) in [7, 11) is 0. The maximum atomic E-state index is 14.1. The molecule has 0 aromatic heterocycles. The fourth-order valence-corrected chi connectivity index (χ4v) is 6.55. The van der Waals surface area contributed by atoms with E-state index in [2.05, 4.69) is 16.0 Å². The number of nitrogen functional groups attached to an aromatic ring is 1. The molecule has 51 heavy (non-hydrogen) atoms. The number of halogens is 3. The number of aliphatic carboxylic acids is 1. The summed E-state index contributed by atoms with van der Waals surface area (Å²) in [6.45, 7) is 2.56. The molecule has 1 aromatic carbocycles. The molecule has 0 spiro atoms. The average molecular weight is 726 g/mol. The molecule has 16 heteroatoms. The zero-order valence-electron chi connectivity index (χ0n) is 29.3. The molecule has 13 nitrogen and oxygen atoms in total. The van der Waals surface area contributed by atoms with E-state index in [9.17, 15) is 27.6 Å². The highest BCUT2D eigenvalue weighted by Gasteiger charge is 2.39. The predicted molar refractivity (Wildman–Crippen MR) is 186 cm³/mol. The van der Waals surface area contributed by atoms with Crippen molar-refractivity contribution in [3.8, 4) is 0 Å². The Hall–Kier alpha value is -4.37. The summed E-state index contributed by atoms with van der Waals surface area (Å²) in [6, 6.07) is 5.88. The highest BCUT2D eigenvalue weighted by Crippen LogP contribution is 2.33. The van der Waals surface area contributed by atoms with Crippen LogP contribution in [0.3, 0.4) is 0 Å². The smallest absolute Gasteiger partial charge is 0.475 e. The number of benzene rings is 1. The number of hydrogen-bond donors (Lipinski definition) is 8. The molecule has 2 saturated carbocycles. The molecule has 10 N–H and O–H groups in total. The SMILES string of the molecule is CCCOC(=O)[C@H](CCCNC(=N)N)NC(=O)[C@@H](NC(=O)C(Cc1ccc(C(=N)N)cc1)C1CCCCC1)C1CCCCC1.O=C(O)C(F)(F)F. The van der Waals surface area contributed by atoms with E-state index in [1.807, 2.05) is 31.2 Å². The fourth-order valence-electron chi connectivity index (χ4n) is 6.55. The van der Waals surface area contributed by atoms with Crippen LogP contribution in [0.5, 0.6) is 0 Å². The number of nitrogens with two attached hydrogens (primary N) is 2. The van der Waals surface area contributed by atoms with E-state index < -0.39 is 30.2 Å². The Morgan fingerprint density at radius 3 is 1.94 bits per heavy atom. The Bertz CT molecular complexity index is 1300. The van der Waals surface area contributed by atoms with Crippen LogP contribution in [-0.2, 0) is 30.3 Å². The first-order valence-corrected chi connectivity index (χ1v) is 17.7. The van der Waals surface area contributed by atoms with Gasteiger partial charge in [0.2, 0.25) is 11.8 Å². The lowest BCUT2D eigenvalue weighted by Crippen LogP contribution is -2.56. The summed E-state index contributed by atoms with van der Waals surface area (Å²) in [5, 5.41) is 31.0. The quantitative estimate of drug-likeness (QED) is 0.0529. The summed E-state index contributed by atoms with van der Waals surface area (Å²) >= 11 is 0. The van der Waals surface area contributed by atoms with Crippen LogP contribution in [0.4, 0.5) is 13.2 Å². The predicted octanol–water partition coefficient (Wildman–Crippen LogP) is 4.11. The van der Waals surface area contributed by atoms with Gasteiger partial charge in [-0.1, -0.05) is 69.7 Å². The van der Waals surface area contributed by atoms with Crippen molar-refractivity contribution in [3.63, 3.8) is 0 Å². The van der Waals surface area contributed by atoms with Crippen LogP contribution in [-0.4, -0.2) is 72.1 Å². The molecular weight excluding hydrogens is 671 g/mol. The van der Waals surface area contributed by atoms with Crippen molar-refractivity contribution < 1.29 is 42.2 Å². The van der Waals surface area contributed by atoms with Crippen molar-refractivity contribution in [2.24, 2.45) is 29.2 Å². The average Bonchev–Trinajstić information content (AvgIpc) is 3.10. The second kappa shape index (κ2) is 21.8. The van der Waals surface area contributed by atoms with Crippen LogP contribution in [0.1, 0.15) is 102 Å². The number of alkyl halides is 3. The molecule has 286 valence electrons. The molecule has 0 heterocycles. The second-order valence-corrected chi connectivity index (χ2v) is 13.2. The lowest BCUT2D eigenvalue weighted by atomic mass is 9.76. The van der Waals surface area contributed by atoms with E-state index in [4.69, 9.17) is 36.9 Å². The Labute approximate surface area is 297 Å². The lowest BCUT2D eigenvalue weighted by molar-refractivity contribution is -0.192. The van der Waals surface area contributed by atoms with Crippen LogP contribution < -0.4 is 27.4 Å². The number of carboxylic acid groups (broad SMARTS) is 1. The van der Waals surface area contributed by atoms with E-state index in [0.29, 0.717) is 37.8 Å². The van der Waals surface area contributed by atoms with Crippen molar-refractivity contribution in [2.45, 2.75) is 115 Å². The van der Waals surface area contributed by atoms with Gasteiger partial charge in [0, 0.05) is 18.0 Å². The Morgan fingerprint density at radius 2 is 1.45 bits per heavy atom. The minimum atomic E-state index is -5.08. The summed E-state index contributed by atoms with van der Waals surface area (Å²) in [6.07, 6.45) is 7.02. The minimum Gasteiger partial charge on any atom is -0.475 e. The van der Waals surface area contributed by atoms with Gasteiger partial charge in [-0.05, 0) is 68.8 Å². The monoisotopic (exact) mass is 725 g/mol. The number of carbonyl (C=O) groups excluding carboxylic acids is 3. The normalized spacial score (nSPS) is 17.0. The Kier molecular flexibility index (Phi) is 18.3. The van der Waals surface area contributed by atoms with Gasteiger partial charge in [-0.15, -0.1) is 0 Å². The third-order valence-electron chi connectivity index (χ3n) is 9.25. The molecule has 2 aliphatic carbocycles. The maximum Gasteiger partial charge on any atom is 0.490 e.